The van der Waals surface area contributed by atoms with Crippen molar-refractivity contribution in [1.29, 1.82) is 0 Å². The summed E-state index contributed by atoms with van der Waals surface area (Å²) in [5, 5.41) is 12.4. The molecule has 6 rings (SSSR count). The molecule has 0 bridgehead atoms. The lowest BCUT2D eigenvalue weighted by Gasteiger charge is -2.40. The van der Waals surface area contributed by atoms with Crippen LogP contribution in [0, 0.1) is 17.8 Å². The highest BCUT2D eigenvalue weighted by Crippen LogP contribution is 2.50. The van der Waals surface area contributed by atoms with E-state index in [1.807, 2.05) is 24.3 Å². The summed E-state index contributed by atoms with van der Waals surface area (Å²) in [6.07, 6.45) is 1.91. The van der Waals surface area contributed by atoms with Crippen LogP contribution in [-0.4, -0.2) is 58.3 Å². The van der Waals surface area contributed by atoms with Crippen LogP contribution in [0.3, 0.4) is 0 Å². The molecule has 0 spiro atoms. The van der Waals surface area contributed by atoms with Crippen LogP contribution < -0.4 is 5.32 Å². The van der Waals surface area contributed by atoms with Crippen LogP contribution in [0.1, 0.15) is 36.3 Å². The lowest BCUT2D eigenvalue weighted by Crippen LogP contribution is -2.50. The van der Waals surface area contributed by atoms with E-state index in [0.29, 0.717) is 24.0 Å². The van der Waals surface area contributed by atoms with E-state index in [1.54, 1.807) is 0 Å². The van der Waals surface area contributed by atoms with Gasteiger partial charge in [-0.25, -0.2) is 9.59 Å². The Hall–Kier alpha value is -3.00. The van der Waals surface area contributed by atoms with E-state index in [4.69, 9.17) is 4.74 Å². The highest BCUT2D eigenvalue weighted by molar-refractivity contribution is 7.99. The average molecular weight is 493 g/mol. The number of benzene rings is 2. The zero-order valence-corrected chi connectivity index (χ0v) is 20.1. The third kappa shape index (κ3) is 3.88. The van der Waals surface area contributed by atoms with Crippen LogP contribution in [0.5, 0.6) is 0 Å². The topological polar surface area (TPSA) is 95.9 Å². The normalized spacial score (nSPS) is 28.6. The minimum Gasteiger partial charge on any atom is -0.480 e. The molecular formula is C27H28N2O5S. The number of amides is 2. The summed E-state index contributed by atoms with van der Waals surface area (Å²) >= 11 is 1.49. The molecule has 8 heteroatoms. The van der Waals surface area contributed by atoms with Crippen molar-refractivity contribution in [2.45, 2.75) is 37.3 Å². The number of carboxylic acids is 1. The van der Waals surface area contributed by atoms with Crippen LogP contribution in [0.4, 0.5) is 4.79 Å². The van der Waals surface area contributed by atoms with E-state index in [9.17, 15) is 19.5 Å². The van der Waals surface area contributed by atoms with Crippen molar-refractivity contribution in [3.8, 4) is 11.1 Å². The Morgan fingerprint density at radius 1 is 1.00 bits per heavy atom. The molecule has 2 aromatic rings. The Kier molecular flexibility index (Phi) is 5.71. The minimum absolute atomic E-state index is 0.0108. The summed E-state index contributed by atoms with van der Waals surface area (Å²) in [6.45, 7) is 0.283. The fraction of sp³-hybridized carbons (Fsp3) is 0.444. The van der Waals surface area contributed by atoms with Gasteiger partial charge in [0.15, 0.2) is 0 Å². The summed E-state index contributed by atoms with van der Waals surface area (Å²) in [5.74, 6) is 0.451. The third-order valence-corrected chi connectivity index (χ3v) is 9.28. The van der Waals surface area contributed by atoms with Gasteiger partial charge in [0, 0.05) is 23.6 Å². The molecule has 0 radical (unpaired) electrons. The van der Waals surface area contributed by atoms with Gasteiger partial charge in [0.25, 0.3) is 0 Å². The van der Waals surface area contributed by atoms with Crippen LogP contribution in [0.15, 0.2) is 48.5 Å². The number of alkyl carbamates (subject to hydrolysis) is 1. The fourth-order valence-electron chi connectivity index (χ4n) is 6.48. The highest BCUT2D eigenvalue weighted by atomic mass is 32.2. The molecule has 5 atom stereocenters. The summed E-state index contributed by atoms with van der Waals surface area (Å²) in [4.78, 5) is 38.7. The molecule has 1 heterocycles. The summed E-state index contributed by atoms with van der Waals surface area (Å²) in [7, 11) is 0. The number of hydrogen-bond donors (Lipinski definition) is 2. The number of aliphatic carboxylic acids is 1. The van der Waals surface area contributed by atoms with Crippen LogP contribution in [0.2, 0.25) is 0 Å². The van der Waals surface area contributed by atoms with Crippen molar-refractivity contribution in [1.82, 2.24) is 10.2 Å². The summed E-state index contributed by atoms with van der Waals surface area (Å²) in [5.41, 5.74) is 4.76. The Morgan fingerprint density at radius 2 is 1.69 bits per heavy atom. The number of hydrogen-bond acceptors (Lipinski definition) is 5. The number of nitrogens with one attached hydrogen (secondary N) is 1. The quantitative estimate of drug-likeness (QED) is 0.657. The van der Waals surface area contributed by atoms with Gasteiger partial charge in [0.05, 0.1) is 5.88 Å². The molecule has 1 saturated heterocycles. The zero-order valence-electron chi connectivity index (χ0n) is 19.3. The number of carbonyl (C=O) groups excluding carboxylic acids is 2. The Labute approximate surface area is 208 Å². The molecule has 4 aliphatic rings. The first kappa shape index (κ1) is 22.5. The van der Waals surface area contributed by atoms with E-state index in [2.05, 4.69) is 29.6 Å². The molecule has 2 saturated carbocycles. The lowest BCUT2D eigenvalue weighted by molar-refractivity contribution is -0.149. The van der Waals surface area contributed by atoms with Crippen LogP contribution in [-0.2, 0) is 14.3 Å². The van der Waals surface area contributed by atoms with Gasteiger partial charge >= 0.3 is 12.1 Å². The monoisotopic (exact) mass is 492 g/mol. The Bertz CT molecular complexity index is 1140. The van der Waals surface area contributed by atoms with E-state index in [1.165, 1.54) is 38.9 Å². The summed E-state index contributed by atoms with van der Waals surface area (Å²) < 4.78 is 5.70. The van der Waals surface area contributed by atoms with Gasteiger partial charge in [-0.05, 0) is 53.4 Å². The van der Waals surface area contributed by atoms with E-state index >= 15 is 0 Å². The third-order valence-electron chi connectivity index (χ3n) is 8.27. The van der Waals surface area contributed by atoms with Gasteiger partial charge in [0.1, 0.15) is 12.6 Å². The number of ether oxygens (including phenoxy) is 1. The number of fused-ring (bicyclic) bond motifs is 4. The Balaban J connectivity index is 1.04. The van der Waals surface area contributed by atoms with Gasteiger partial charge < -0.3 is 20.1 Å². The zero-order chi connectivity index (χ0) is 24.1. The number of nitrogens with zero attached hydrogens (tertiary/aromatic N) is 1. The second-order valence-electron chi connectivity index (χ2n) is 10.1. The summed E-state index contributed by atoms with van der Waals surface area (Å²) in [6, 6.07) is 15.8. The van der Waals surface area contributed by atoms with Gasteiger partial charge in [0.2, 0.25) is 5.91 Å². The van der Waals surface area contributed by atoms with Crippen LogP contribution in [0.25, 0.3) is 11.1 Å². The number of thioether (sulfide) groups is 1. The molecule has 182 valence electrons. The van der Waals surface area contributed by atoms with Crippen molar-refractivity contribution in [3.05, 3.63) is 59.7 Å². The maximum Gasteiger partial charge on any atom is 0.407 e. The van der Waals surface area contributed by atoms with Gasteiger partial charge in [-0.1, -0.05) is 48.5 Å². The Morgan fingerprint density at radius 3 is 2.37 bits per heavy atom. The molecule has 2 amide bonds. The molecule has 2 aromatic carbocycles. The number of carboxylic acid groups (broad SMARTS) is 1. The van der Waals surface area contributed by atoms with Crippen molar-refractivity contribution in [3.63, 3.8) is 0 Å². The number of rotatable bonds is 5. The van der Waals surface area contributed by atoms with E-state index in [-0.39, 0.29) is 36.3 Å². The molecule has 2 N–H and O–H groups in total. The molecule has 1 unspecified atom stereocenters. The van der Waals surface area contributed by atoms with Crippen molar-refractivity contribution in [2.24, 2.45) is 17.8 Å². The molecule has 7 nitrogen and oxygen atoms in total. The van der Waals surface area contributed by atoms with Gasteiger partial charge in [-0.15, -0.1) is 11.8 Å². The fourth-order valence-corrected chi connectivity index (χ4v) is 7.64. The first-order chi connectivity index (χ1) is 17.0. The van der Waals surface area contributed by atoms with Gasteiger partial charge in [-0.2, -0.15) is 0 Å². The highest BCUT2D eigenvalue weighted by Gasteiger charge is 2.51. The molecule has 3 fully saturated rings. The number of carbonyl (C=O) groups is 3. The lowest BCUT2D eigenvalue weighted by atomic mass is 9.71. The molecule has 35 heavy (non-hydrogen) atoms. The predicted octanol–water partition coefficient (Wildman–Crippen LogP) is 3.93. The predicted molar refractivity (Wildman–Crippen MR) is 132 cm³/mol. The first-order valence-electron chi connectivity index (χ1n) is 12.2. The van der Waals surface area contributed by atoms with Crippen LogP contribution >= 0.6 is 11.8 Å². The van der Waals surface area contributed by atoms with Gasteiger partial charge in [-0.3, -0.25) is 4.79 Å². The molecule has 1 aliphatic heterocycles. The second-order valence-corrected chi connectivity index (χ2v) is 11.1. The maximum atomic E-state index is 13.0. The van der Waals surface area contributed by atoms with Crippen molar-refractivity contribution in [2.75, 3.05) is 18.2 Å². The van der Waals surface area contributed by atoms with Crippen molar-refractivity contribution >= 4 is 29.7 Å². The molecule has 0 aromatic heterocycles. The SMILES string of the molecule is O=C(N[C@@H]1C[C@@H]2CC(C(=O)N3CSC[C@H]3C(=O)O)C[C@@H]21)OCC1c2ccccc2-c2ccccc21. The smallest absolute Gasteiger partial charge is 0.407 e. The van der Waals surface area contributed by atoms with Crippen molar-refractivity contribution < 1.29 is 24.2 Å². The standard InChI is InChI=1S/C27H28N2O5S/c30-25(29-14-35-13-24(29)26(31)32)16-9-15-11-23(21(15)10-16)28-27(33)34-12-22-19-7-3-1-5-17(19)18-6-2-4-8-20(18)22/h1-8,15-16,21-24H,9-14H2,(H,28,33)(H,31,32)/t15-,16?,21-,23+,24-/m0/s1. The minimum atomic E-state index is -0.931. The van der Waals surface area contributed by atoms with E-state index < -0.39 is 18.1 Å². The molecule has 3 aliphatic carbocycles. The largest absolute Gasteiger partial charge is 0.480 e. The second kappa shape index (κ2) is 8.90. The average Bonchev–Trinajstić information content (AvgIpc) is 3.56. The molecular weight excluding hydrogens is 464 g/mol. The maximum absolute atomic E-state index is 13.0. The first-order valence-corrected chi connectivity index (χ1v) is 13.4. The van der Waals surface area contributed by atoms with E-state index in [0.717, 1.165) is 12.8 Å².